The lowest BCUT2D eigenvalue weighted by Crippen LogP contribution is -2.31. The first-order chi connectivity index (χ1) is 14.0. The van der Waals surface area contributed by atoms with E-state index in [9.17, 15) is 9.59 Å². The molecule has 0 N–H and O–H groups in total. The van der Waals surface area contributed by atoms with Gasteiger partial charge < -0.3 is 14.5 Å². The minimum absolute atomic E-state index is 0.0950. The van der Waals surface area contributed by atoms with Gasteiger partial charge >= 0.3 is 0 Å². The summed E-state index contributed by atoms with van der Waals surface area (Å²) >= 11 is 0. The lowest BCUT2D eigenvalue weighted by atomic mass is 10.2. The number of hydrogen-bond acceptors (Lipinski definition) is 4. The second-order valence-corrected chi connectivity index (χ2v) is 7.61. The Morgan fingerprint density at radius 3 is 2.55 bits per heavy atom. The van der Waals surface area contributed by atoms with Gasteiger partial charge in [-0.2, -0.15) is 4.98 Å². The van der Waals surface area contributed by atoms with E-state index in [1.807, 2.05) is 41.8 Å². The highest BCUT2D eigenvalue weighted by molar-refractivity contribution is 5.99. The fourth-order valence-electron chi connectivity index (χ4n) is 3.70. The first-order valence-electron chi connectivity index (χ1n) is 10.3. The van der Waals surface area contributed by atoms with Crippen molar-refractivity contribution in [1.29, 1.82) is 0 Å². The summed E-state index contributed by atoms with van der Waals surface area (Å²) in [5.74, 6) is 0.164. The van der Waals surface area contributed by atoms with Gasteiger partial charge in [0.1, 0.15) is 6.10 Å². The molecule has 7 heteroatoms. The van der Waals surface area contributed by atoms with Gasteiger partial charge in [-0.25, -0.2) is 0 Å². The Balaban J connectivity index is 2.08. The molecule has 1 saturated carbocycles. The first kappa shape index (κ1) is 20.9. The van der Waals surface area contributed by atoms with Crippen LogP contribution < -0.4 is 9.64 Å². The highest BCUT2D eigenvalue weighted by Crippen LogP contribution is 2.30. The van der Waals surface area contributed by atoms with Crippen molar-refractivity contribution in [3.8, 4) is 6.01 Å². The highest BCUT2D eigenvalue weighted by atomic mass is 16.5. The van der Waals surface area contributed by atoms with E-state index in [-0.39, 0.29) is 12.0 Å². The van der Waals surface area contributed by atoms with Crippen LogP contribution in [0.4, 0.5) is 5.82 Å². The molecule has 0 aliphatic heterocycles. The van der Waals surface area contributed by atoms with E-state index in [1.165, 1.54) is 4.90 Å². The van der Waals surface area contributed by atoms with Crippen LogP contribution in [0.3, 0.4) is 0 Å². The SMILES string of the molecule is CCCN(C)C(=O)c1c(N(C)C=O)nc(OC2CCCC2)n1Cc1ccccc1. The van der Waals surface area contributed by atoms with E-state index < -0.39 is 0 Å². The summed E-state index contributed by atoms with van der Waals surface area (Å²) in [6.07, 6.45) is 5.85. The van der Waals surface area contributed by atoms with Gasteiger partial charge in [-0.1, -0.05) is 37.3 Å². The number of amides is 2. The maximum absolute atomic E-state index is 13.3. The minimum atomic E-state index is -0.166. The molecule has 1 aromatic heterocycles. The Morgan fingerprint density at radius 2 is 1.93 bits per heavy atom. The molecule has 0 spiro atoms. The van der Waals surface area contributed by atoms with Crippen molar-refractivity contribution in [2.75, 3.05) is 25.5 Å². The summed E-state index contributed by atoms with van der Waals surface area (Å²) in [7, 11) is 3.38. The van der Waals surface area contributed by atoms with Crippen LogP contribution in [-0.2, 0) is 11.3 Å². The van der Waals surface area contributed by atoms with Gasteiger partial charge in [-0.15, -0.1) is 0 Å². The quantitative estimate of drug-likeness (QED) is 0.608. The van der Waals surface area contributed by atoms with E-state index in [0.29, 0.717) is 37.0 Å². The number of hydrogen-bond donors (Lipinski definition) is 0. The minimum Gasteiger partial charge on any atom is -0.461 e. The Bertz CT molecular complexity index is 828. The second-order valence-electron chi connectivity index (χ2n) is 7.61. The molecule has 1 aliphatic carbocycles. The molecular formula is C22H30N4O3. The highest BCUT2D eigenvalue weighted by Gasteiger charge is 2.30. The molecule has 1 fully saturated rings. The summed E-state index contributed by atoms with van der Waals surface area (Å²) in [6.45, 7) is 3.10. The molecule has 1 aliphatic rings. The predicted octanol–water partition coefficient (Wildman–Crippen LogP) is 3.33. The number of carbonyl (C=O) groups excluding carboxylic acids is 2. The standard InChI is InChI=1S/C22H30N4O3/c1-4-14-24(2)21(28)19-20(25(3)16-27)23-22(29-18-12-8-9-13-18)26(19)15-17-10-6-5-7-11-17/h5-7,10-11,16,18H,4,8-9,12-15H2,1-3H3. The van der Waals surface area contributed by atoms with Crippen molar-refractivity contribution in [2.45, 2.75) is 51.7 Å². The van der Waals surface area contributed by atoms with E-state index in [2.05, 4.69) is 4.98 Å². The van der Waals surface area contributed by atoms with Crippen molar-refractivity contribution < 1.29 is 14.3 Å². The number of imidazole rings is 1. The molecule has 0 radical (unpaired) electrons. The van der Waals surface area contributed by atoms with Gasteiger partial charge in [-0.3, -0.25) is 14.2 Å². The molecular weight excluding hydrogens is 368 g/mol. The van der Waals surface area contributed by atoms with Crippen LogP contribution in [0.2, 0.25) is 0 Å². The van der Waals surface area contributed by atoms with Crippen LogP contribution in [0.5, 0.6) is 6.01 Å². The van der Waals surface area contributed by atoms with Crippen LogP contribution in [0.25, 0.3) is 0 Å². The Kier molecular flexibility index (Phi) is 6.90. The number of ether oxygens (including phenoxy) is 1. The van der Waals surface area contributed by atoms with Gasteiger partial charge in [-0.05, 0) is 37.7 Å². The van der Waals surface area contributed by atoms with Gasteiger partial charge in [0.25, 0.3) is 11.9 Å². The molecule has 0 atom stereocenters. The Labute approximate surface area is 172 Å². The van der Waals surface area contributed by atoms with Crippen LogP contribution >= 0.6 is 0 Å². The van der Waals surface area contributed by atoms with E-state index >= 15 is 0 Å². The summed E-state index contributed by atoms with van der Waals surface area (Å²) in [6, 6.07) is 10.3. The number of benzene rings is 1. The maximum Gasteiger partial charge on any atom is 0.299 e. The topological polar surface area (TPSA) is 67.7 Å². The number of anilines is 1. The van der Waals surface area contributed by atoms with Crippen molar-refractivity contribution in [3.05, 3.63) is 41.6 Å². The first-order valence-corrected chi connectivity index (χ1v) is 10.3. The Hall–Kier alpha value is -2.83. The molecule has 0 unspecified atom stereocenters. The number of aromatic nitrogens is 2. The lowest BCUT2D eigenvalue weighted by molar-refractivity contribution is -0.107. The summed E-state index contributed by atoms with van der Waals surface area (Å²) < 4.78 is 8.04. The van der Waals surface area contributed by atoms with Gasteiger partial charge in [0.05, 0.1) is 6.54 Å². The fraction of sp³-hybridized carbons (Fsp3) is 0.500. The monoisotopic (exact) mass is 398 g/mol. The molecule has 2 aromatic rings. The predicted molar refractivity (Wildman–Crippen MR) is 112 cm³/mol. The maximum atomic E-state index is 13.3. The largest absolute Gasteiger partial charge is 0.461 e. The van der Waals surface area contributed by atoms with Crippen molar-refractivity contribution in [2.24, 2.45) is 0 Å². The molecule has 0 saturated heterocycles. The summed E-state index contributed by atoms with van der Waals surface area (Å²) in [4.78, 5) is 32.4. The molecule has 0 bridgehead atoms. The molecule has 2 amide bonds. The van der Waals surface area contributed by atoms with Gasteiger partial charge in [0.15, 0.2) is 11.5 Å². The number of nitrogens with zero attached hydrogens (tertiary/aromatic N) is 4. The average Bonchev–Trinajstić information content (AvgIpc) is 3.36. The van der Waals surface area contributed by atoms with Gasteiger partial charge in [0, 0.05) is 20.6 Å². The smallest absolute Gasteiger partial charge is 0.299 e. The average molecular weight is 399 g/mol. The zero-order valence-electron chi connectivity index (χ0n) is 17.5. The zero-order chi connectivity index (χ0) is 20.8. The van der Waals surface area contributed by atoms with Crippen molar-refractivity contribution in [3.63, 3.8) is 0 Å². The van der Waals surface area contributed by atoms with Crippen molar-refractivity contribution in [1.82, 2.24) is 14.5 Å². The van der Waals surface area contributed by atoms with E-state index in [1.54, 1.807) is 19.0 Å². The second kappa shape index (κ2) is 9.58. The number of rotatable bonds is 9. The zero-order valence-corrected chi connectivity index (χ0v) is 17.5. The van der Waals surface area contributed by atoms with Gasteiger partial charge in [0.2, 0.25) is 6.41 Å². The van der Waals surface area contributed by atoms with Crippen LogP contribution in [-0.4, -0.2) is 53.5 Å². The third-order valence-corrected chi connectivity index (χ3v) is 5.27. The summed E-state index contributed by atoms with van der Waals surface area (Å²) in [5, 5.41) is 0. The third kappa shape index (κ3) is 4.78. The lowest BCUT2D eigenvalue weighted by Gasteiger charge is -2.20. The molecule has 7 nitrogen and oxygen atoms in total. The molecule has 156 valence electrons. The van der Waals surface area contributed by atoms with Crippen molar-refractivity contribution >= 4 is 18.1 Å². The van der Waals surface area contributed by atoms with E-state index in [4.69, 9.17) is 4.74 Å². The fourth-order valence-corrected chi connectivity index (χ4v) is 3.70. The normalized spacial score (nSPS) is 14.0. The van der Waals surface area contributed by atoms with Crippen LogP contribution in [0, 0.1) is 0 Å². The molecule has 1 aromatic carbocycles. The Morgan fingerprint density at radius 1 is 1.24 bits per heavy atom. The molecule has 29 heavy (non-hydrogen) atoms. The molecule has 1 heterocycles. The van der Waals surface area contributed by atoms with Crippen LogP contribution in [0.15, 0.2) is 30.3 Å². The van der Waals surface area contributed by atoms with Crippen LogP contribution in [0.1, 0.15) is 55.1 Å². The third-order valence-electron chi connectivity index (χ3n) is 5.27. The van der Waals surface area contributed by atoms with E-state index in [0.717, 1.165) is 37.7 Å². The summed E-state index contributed by atoms with van der Waals surface area (Å²) in [5.41, 5.74) is 1.42. The molecule has 3 rings (SSSR count). The number of carbonyl (C=O) groups is 2.